The number of ether oxygens (including phenoxy) is 2. The van der Waals surface area contributed by atoms with Crippen molar-refractivity contribution in [2.24, 2.45) is 0 Å². The molecule has 1 N–H and O–H groups in total. The zero-order valence-electron chi connectivity index (χ0n) is 17.1. The Kier molecular flexibility index (Phi) is 12.7. The van der Waals surface area contributed by atoms with Crippen molar-refractivity contribution in [1.82, 2.24) is 0 Å². The summed E-state index contributed by atoms with van der Waals surface area (Å²) in [5, 5.41) is 9.58. The van der Waals surface area contributed by atoms with Crippen molar-refractivity contribution >= 4 is 5.97 Å². The van der Waals surface area contributed by atoms with Gasteiger partial charge < -0.3 is 14.6 Å². The van der Waals surface area contributed by atoms with Gasteiger partial charge in [-0.1, -0.05) is 77.2 Å². The van der Waals surface area contributed by atoms with Crippen molar-refractivity contribution in [3.63, 3.8) is 0 Å². The molecule has 0 aromatic rings. The van der Waals surface area contributed by atoms with Gasteiger partial charge in [-0.05, 0) is 18.4 Å². The normalized spacial score (nSPS) is 21.4. The zero-order valence-corrected chi connectivity index (χ0v) is 17.1. The summed E-state index contributed by atoms with van der Waals surface area (Å²) >= 11 is 0. The van der Waals surface area contributed by atoms with Crippen LogP contribution in [-0.4, -0.2) is 36.5 Å². The Labute approximate surface area is 160 Å². The molecule has 1 aliphatic heterocycles. The predicted octanol–water partition coefficient (Wildman–Crippen LogP) is 5.33. The van der Waals surface area contributed by atoms with Gasteiger partial charge in [0.25, 0.3) is 0 Å². The predicted molar refractivity (Wildman–Crippen MR) is 106 cm³/mol. The van der Waals surface area contributed by atoms with Crippen LogP contribution in [0.2, 0.25) is 0 Å². The quantitative estimate of drug-likeness (QED) is 0.241. The summed E-state index contributed by atoms with van der Waals surface area (Å²) in [4.78, 5) is 11.0. The topological polar surface area (TPSA) is 55.8 Å². The number of aliphatic hydroxyl groups excluding tert-OH is 1. The zero-order chi connectivity index (χ0) is 19.1. The van der Waals surface area contributed by atoms with Crippen molar-refractivity contribution in [1.29, 1.82) is 0 Å². The lowest BCUT2D eigenvalue weighted by molar-refractivity contribution is -0.152. The highest BCUT2D eigenvalue weighted by molar-refractivity contribution is 5.66. The fourth-order valence-electron chi connectivity index (χ4n) is 3.48. The van der Waals surface area contributed by atoms with E-state index in [1.54, 1.807) is 0 Å². The van der Waals surface area contributed by atoms with E-state index in [9.17, 15) is 9.90 Å². The fourth-order valence-corrected chi connectivity index (χ4v) is 3.48. The molecule has 0 radical (unpaired) electrons. The number of aliphatic hydroxyl groups is 1. The minimum atomic E-state index is -0.728. The van der Waals surface area contributed by atoms with E-state index in [4.69, 9.17) is 9.47 Å². The molecule has 0 aliphatic carbocycles. The molecule has 26 heavy (non-hydrogen) atoms. The molecule has 1 rings (SSSR count). The minimum Gasteiger partial charge on any atom is -0.463 e. The van der Waals surface area contributed by atoms with Crippen LogP contribution >= 0.6 is 0 Å². The summed E-state index contributed by atoms with van der Waals surface area (Å²) in [6.45, 7) is 4.20. The third-order valence-electron chi connectivity index (χ3n) is 5.18. The van der Waals surface area contributed by atoms with Crippen molar-refractivity contribution in [2.45, 2.75) is 103 Å². The molecule has 1 unspecified atom stereocenters. The van der Waals surface area contributed by atoms with Gasteiger partial charge in [-0.3, -0.25) is 4.79 Å². The molecule has 0 bridgehead atoms. The SMILES string of the molecule is CCCCCCCCCCCCC/C=C1/COC(CO)(COC(C)=O)C1. The molecule has 1 heterocycles. The molecule has 1 fully saturated rings. The Morgan fingerprint density at radius 3 is 2.19 bits per heavy atom. The summed E-state index contributed by atoms with van der Waals surface area (Å²) < 4.78 is 10.7. The number of rotatable bonds is 15. The summed E-state index contributed by atoms with van der Waals surface area (Å²) in [5.74, 6) is -0.334. The maximum Gasteiger partial charge on any atom is 0.302 e. The molecule has 1 aliphatic rings. The Hall–Kier alpha value is -0.870. The highest BCUT2D eigenvalue weighted by atomic mass is 16.6. The van der Waals surface area contributed by atoms with Gasteiger partial charge in [0.1, 0.15) is 12.2 Å². The largest absolute Gasteiger partial charge is 0.463 e. The first kappa shape index (κ1) is 23.2. The number of hydrogen-bond donors (Lipinski definition) is 1. The summed E-state index contributed by atoms with van der Waals surface area (Å²) in [6.07, 6.45) is 18.9. The second-order valence-electron chi connectivity index (χ2n) is 7.77. The second kappa shape index (κ2) is 14.2. The molecule has 152 valence electrons. The molecular formula is C22H40O4. The van der Waals surface area contributed by atoms with Crippen LogP contribution in [0, 0.1) is 0 Å². The Bertz CT molecular complexity index is 405. The van der Waals surface area contributed by atoms with E-state index in [2.05, 4.69) is 13.0 Å². The number of carbonyl (C=O) groups excluding carboxylic acids is 1. The highest BCUT2D eigenvalue weighted by Crippen LogP contribution is 2.30. The third kappa shape index (κ3) is 10.3. The average Bonchev–Trinajstić information content (AvgIpc) is 3.05. The van der Waals surface area contributed by atoms with Gasteiger partial charge >= 0.3 is 5.97 Å². The summed E-state index contributed by atoms with van der Waals surface area (Å²) in [5.41, 5.74) is 0.493. The smallest absolute Gasteiger partial charge is 0.302 e. The second-order valence-corrected chi connectivity index (χ2v) is 7.77. The maximum absolute atomic E-state index is 11.0. The Morgan fingerprint density at radius 1 is 1.08 bits per heavy atom. The van der Waals surface area contributed by atoms with Crippen LogP contribution in [0.4, 0.5) is 0 Å². The number of allylic oxidation sites excluding steroid dienone is 1. The minimum absolute atomic E-state index is 0.115. The van der Waals surface area contributed by atoms with Crippen LogP contribution in [0.15, 0.2) is 11.6 Å². The Balaban J connectivity index is 2.02. The first-order chi connectivity index (χ1) is 12.6. The maximum atomic E-state index is 11.0. The van der Waals surface area contributed by atoms with Gasteiger partial charge in [0.2, 0.25) is 0 Å². The molecule has 0 amide bonds. The van der Waals surface area contributed by atoms with Crippen LogP contribution in [0.3, 0.4) is 0 Å². The van der Waals surface area contributed by atoms with Crippen molar-refractivity contribution in [2.75, 3.05) is 19.8 Å². The Morgan fingerprint density at radius 2 is 1.65 bits per heavy atom. The van der Waals surface area contributed by atoms with E-state index in [-0.39, 0.29) is 19.2 Å². The van der Waals surface area contributed by atoms with Crippen LogP contribution in [-0.2, 0) is 14.3 Å². The lowest BCUT2D eigenvalue weighted by Gasteiger charge is -2.24. The van der Waals surface area contributed by atoms with E-state index < -0.39 is 5.60 Å². The number of esters is 1. The van der Waals surface area contributed by atoms with Crippen molar-refractivity contribution in [3.05, 3.63) is 11.6 Å². The average molecular weight is 369 g/mol. The molecule has 0 spiro atoms. The van der Waals surface area contributed by atoms with E-state index in [1.807, 2.05) is 0 Å². The molecule has 0 aromatic heterocycles. The lowest BCUT2D eigenvalue weighted by Crippen LogP contribution is -2.38. The third-order valence-corrected chi connectivity index (χ3v) is 5.18. The van der Waals surface area contributed by atoms with E-state index >= 15 is 0 Å². The number of unbranched alkanes of at least 4 members (excludes halogenated alkanes) is 11. The van der Waals surface area contributed by atoms with Gasteiger partial charge in [0.15, 0.2) is 0 Å². The van der Waals surface area contributed by atoms with Gasteiger partial charge in [-0.15, -0.1) is 0 Å². The standard InChI is InChI=1S/C22H40O4/c1-3-4-5-6-7-8-9-10-11-12-13-14-15-21-16-22(18-23,26-17-21)19-25-20(2)24/h15,23H,3-14,16-19H2,1-2H3/b21-15+. The molecule has 0 aromatic carbocycles. The number of hydrogen-bond acceptors (Lipinski definition) is 4. The molecule has 0 saturated carbocycles. The monoisotopic (exact) mass is 368 g/mol. The molecule has 1 saturated heterocycles. The van der Waals surface area contributed by atoms with Crippen LogP contribution in [0.1, 0.15) is 97.3 Å². The van der Waals surface area contributed by atoms with Gasteiger partial charge in [-0.25, -0.2) is 0 Å². The number of carbonyl (C=O) groups is 1. The summed E-state index contributed by atoms with van der Waals surface area (Å²) in [6, 6.07) is 0. The van der Waals surface area contributed by atoms with Crippen LogP contribution in [0.25, 0.3) is 0 Å². The van der Waals surface area contributed by atoms with E-state index in [1.165, 1.54) is 83.1 Å². The van der Waals surface area contributed by atoms with Crippen molar-refractivity contribution in [3.8, 4) is 0 Å². The van der Waals surface area contributed by atoms with E-state index in [0.717, 1.165) is 6.42 Å². The summed E-state index contributed by atoms with van der Waals surface area (Å²) in [7, 11) is 0. The highest BCUT2D eigenvalue weighted by Gasteiger charge is 2.38. The fraction of sp³-hybridized carbons (Fsp3) is 0.864. The molecule has 4 heteroatoms. The molecule has 4 nitrogen and oxygen atoms in total. The van der Waals surface area contributed by atoms with Crippen LogP contribution in [0.5, 0.6) is 0 Å². The lowest BCUT2D eigenvalue weighted by atomic mass is 9.98. The van der Waals surface area contributed by atoms with Gasteiger partial charge in [0.05, 0.1) is 13.2 Å². The van der Waals surface area contributed by atoms with Gasteiger partial charge in [-0.2, -0.15) is 0 Å². The first-order valence-electron chi connectivity index (χ1n) is 10.7. The van der Waals surface area contributed by atoms with Crippen LogP contribution < -0.4 is 0 Å². The molecule has 1 atom stereocenters. The molecular weight excluding hydrogens is 328 g/mol. The first-order valence-corrected chi connectivity index (χ1v) is 10.7. The van der Waals surface area contributed by atoms with Gasteiger partial charge in [0, 0.05) is 13.3 Å². The van der Waals surface area contributed by atoms with Crippen molar-refractivity contribution < 1.29 is 19.4 Å². The van der Waals surface area contributed by atoms with E-state index in [0.29, 0.717) is 13.0 Å².